The predicted octanol–water partition coefficient (Wildman–Crippen LogP) is 0.723. The van der Waals surface area contributed by atoms with Crippen LogP contribution in [0.2, 0.25) is 0 Å². The molecule has 7 heteroatoms. The minimum absolute atomic E-state index is 0. The van der Waals surface area contributed by atoms with Gasteiger partial charge in [-0.25, -0.2) is 8.42 Å². The summed E-state index contributed by atoms with van der Waals surface area (Å²) in [5.41, 5.74) is 5.58. The van der Waals surface area contributed by atoms with Gasteiger partial charge in [0.25, 0.3) is 0 Å². The Bertz CT molecular complexity index is 380. The normalized spacial score (nSPS) is 16.8. The Morgan fingerprint density at radius 1 is 1.37 bits per heavy atom. The highest BCUT2D eigenvalue weighted by molar-refractivity contribution is 7.91. The van der Waals surface area contributed by atoms with Crippen molar-refractivity contribution in [3.05, 3.63) is 0 Å². The number of halogens is 1. The highest BCUT2D eigenvalue weighted by Crippen LogP contribution is 2.32. The van der Waals surface area contributed by atoms with E-state index in [4.69, 9.17) is 5.73 Å². The lowest BCUT2D eigenvalue weighted by Gasteiger charge is -2.16. The molecule has 19 heavy (non-hydrogen) atoms. The molecular formula is C12H25ClN2O3S. The summed E-state index contributed by atoms with van der Waals surface area (Å²) in [7, 11) is -3.12. The van der Waals surface area contributed by atoms with E-state index < -0.39 is 9.84 Å². The Balaban J connectivity index is 0.00000324. The standard InChI is InChI=1S/C12H24N2O3S.ClH/c1-9(2)8-18(16,17)6-5-12(15)14-11(7-13)10-3-4-10;/h9-11H,3-8,13H2,1-2H3,(H,14,15);1H. The topological polar surface area (TPSA) is 89.3 Å². The van der Waals surface area contributed by atoms with Crippen LogP contribution >= 0.6 is 12.4 Å². The molecule has 0 spiro atoms. The van der Waals surface area contributed by atoms with E-state index in [2.05, 4.69) is 5.32 Å². The summed E-state index contributed by atoms with van der Waals surface area (Å²) in [6, 6.07) is 0.0188. The molecule has 1 saturated carbocycles. The molecule has 0 saturated heterocycles. The van der Waals surface area contributed by atoms with Gasteiger partial charge in [-0.2, -0.15) is 0 Å². The minimum Gasteiger partial charge on any atom is -0.352 e. The molecule has 1 unspecified atom stereocenters. The van der Waals surface area contributed by atoms with Gasteiger partial charge in [0.1, 0.15) is 0 Å². The maximum atomic E-state index is 11.6. The van der Waals surface area contributed by atoms with Crippen LogP contribution in [-0.4, -0.2) is 38.4 Å². The van der Waals surface area contributed by atoms with E-state index >= 15 is 0 Å². The van der Waals surface area contributed by atoms with Crippen LogP contribution in [0.1, 0.15) is 33.1 Å². The lowest BCUT2D eigenvalue weighted by atomic mass is 10.2. The van der Waals surface area contributed by atoms with E-state index in [9.17, 15) is 13.2 Å². The Hall–Kier alpha value is -0.330. The highest BCUT2D eigenvalue weighted by atomic mass is 35.5. The van der Waals surface area contributed by atoms with E-state index in [-0.39, 0.29) is 48.2 Å². The second-order valence-electron chi connectivity index (χ2n) is 5.51. The summed E-state index contributed by atoms with van der Waals surface area (Å²) in [6.45, 7) is 4.14. The molecule has 1 fully saturated rings. The Labute approximate surface area is 122 Å². The van der Waals surface area contributed by atoms with Crippen LogP contribution in [0, 0.1) is 11.8 Å². The molecule has 1 aliphatic carbocycles. The average molecular weight is 313 g/mol. The molecule has 1 aliphatic rings. The second kappa shape index (κ2) is 8.07. The first-order chi connectivity index (χ1) is 8.34. The Morgan fingerprint density at radius 2 is 1.95 bits per heavy atom. The number of nitrogens with two attached hydrogens (primary N) is 1. The first kappa shape index (κ1) is 18.7. The van der Waals surface area contributed by atoms with Crippen molar-refractivity contribution >= 4 is 28.2 Å². The van der Waals surface area contributed by atoms with Gasteiger partial charge in [-0.3, -0.25) is 4.79 Å². The number of hydrogen-bond donors (Lipinski definition) is 2. The van der Waals surface area contributed by atoms with Gasteiger partial charge in [0, 0.05) is 19.0 Å². The van der Waals surface area contributed by atoms with Gasteiger partial charge in [-0.15, -0.1) is 12.4 Å². The van der Waals surface area contributed by atoms with E-state index in [1.807, 2.05) is 13.8 Å². The third-order valence-corrected chi connectivity index (χ3v) is 5.02. The monoisotopic (exact) mass is 312 g/mol. The quantitative estimate of drug-likeness (QED) is 0.691. The van der Waals surface area contributed by atoms with Crippen molar-refractivity contribution in [2.75, 3.05) is 18.1 Å². The van der Waals surface area contributed by atoms with Crippen LogP contribution in [0.15, 0.2) is 0 Å². The van der Waals surface area contributed by atoms with Crippen LogP contribution in [0.4, 0.5) is 0 Å². The zero-order valence-electron chi connectivity index (χ0n) is 11.6. The average Bonchev–Trinajstić information content (AvgIpc) is 3.05. The van der Waals surface area contributed by atoms with Crippen LogP contribution in [0.5, 0.6) is 0 Å². The highest BCUT2D eigenvalue weighted by Gasteiger charge is 2.31. The molecular weight excluding hydrogens is 288 g/mol. The number of sulfone groups is 1. The lowest BCUT2D eigenvalue weighted by molar-refractivity contribution is -0.121. The van der Waals surface area contributed by atoms with E-state index in [0.717, 1.165) is 12.8 Å². The van der Waals surface area contributed by atoms with Crippen molar-refractivity contribution in [1.29, 1.82) is 0 Å². The fourth-order valence-electron chi connectivity index (χ4n) is 1.99. The molecule has 3 N–H and O–H groups in total. The molecule has 0 aromatic heterocycles. The van der Waals surface area contributed by atoms with E-state index in [1.54, 1.807) is 0 Å². The Kier molecular flexibility index (Phi) is 7.93. The van der Waals surface area contributed by atoms with Gasteiger partial charge in [0.15, 0.2) is 9.84 Å². The molecule has 0 aromatic rings. The zero-order valence-corrected chi connectivity index (χ0v) is 13.2. The fourth-order valence-corrected chi connectivity index (χ4v) is 3.66. The van der Waals surface area contributed by atoms with Crippen LogP contribution in [-0.2, 0) is 14.6 Å². The maximum absolute atomic E-state index is 11.6. The van der Waals surface area contributed by atoms with E-state index in [1.165, 1.54) is 0 Å². The molecule has 1 amide bonds. The van der Waals surface area contributed by atoms with Crippen molar-refractivity contribution in [3.63, 3.8) is 0 Å². The smallest absolute Gasteiger partial charge is 0.221 e. The first-order valence-electron chi connectivity index (χ1n) is 6.54. The molecule has 5 nitrogen and oxygen atoms in total. The lowest BCUT2D eigenvalue weighted by Crippen LogP contribution is -2.42. The predicted molar refractivity (Wildman–Crippen MR) is 79.1 cm³/mol. The molecule has 1 rings (SSSR count). The molecule has 0 radical (unpaired) electrons. The minimum atomic E-state index is -3.12. The van der Waals surface area contributed by atoms with Gasteiger partial charge in [-0.1, -0.05) is 13.8 Å². The van der Waals surface area contributed by atoms with Crippen LogP contribution in [0.25, 0.3) is 0 Å². The van der Waals surface area contributed by atoms with Gasteiger partial charge in [0.05, 0.1) is 11.5 Å². The van der Waals surface area contributed by atoms with Crippen molar-refractivity contribution < 1.29 is 13.2 Å². The van der Waals surface area contributed by atoms with Crippen molar-refractivity contribution in [2.45, 2.75) is 39.2 Å². The van der Waals surface area contributed by atoms with Gasteiger partial charge in [0.2, 0.25) is 5.91 Å². The summed E-state index contributed by atoms with van der Waals surface area (Å²) < 4.78 is 23.3. The summed E-state index contributed by atoms with van der Waals surface area (Å²) >= 11 is 0. The number of carbonyl (C=O) groups excluding carboxylic acids is 1. The van der Waals surface area contributed by atoms with Gasteiger partial charge >= 0.3 is 0 Å². The number of amides is 1. The zero-order chi connectivity index (χ0) is 13.8. The molecule has 0 bridgehead atoms. The molecule has 1 atom stereocenters. The summed E-state index contributed by atoms with van der Waals surface area (Å²) in [4.78, 5) is 11.6. The Morgan fingerprint density at radius 3 is 2.37 bits per heavy atom. The number of nitrogens with one attached hydrogen (secondary N) is 1. The first-order valence-corrected chi connectivity index (χ1v) is 8.36. The third-order valence-electron chi connectivity index (χ3n) is 3.02. The third kappa shape index (κ3) is 7.74. The molecule has 0 aromatic carbocycles. The number of rotatable bonds is 8. The number of carbonyl (C=O) groups is 1. The largest absolute Gasteiger partial charge is 0.352 e. The van der Waals surface area contributed by atoms with E-state index in [0.29, 0.717) is 12.5 Å². The molecule has 0 heterocycles. The summed E-state index contributed by atoms with van der Waals surface area (Å²) in [5, 5.41) is 2.83. The van der Waals surface area contributed by atoms with Crippen molar-refractivity contribution in [1.82, 2.24) is 5.32 Å². The number of hydrogen-bond acceptors (Lipinski definition) is 4. The van der Waals surface area contributed by atoms with Crippen molar-refractivity contribution in [3.8, 4) is 0 Å². The summed E-state index contributed by atoms with van der Waals surface area (Å²) in [6.07, 6.45) is 2.25. The van der Waals surface area contributed by atoms with Gasteiger partial charge in [-0.05, 0) is 24.7 Å². The van der Waals surface area contributed by atoms with Crippen molar-refractivity contribution in [2.24, 2.45) is 17.6 Å². The fraction of sp³-hybridized carbons (Fsp3) is 0.917. The maximum Gasteiger partial charge on any atom is 0.221 e. The molecule has 114 valence electrons. The van der Waals surface area contributed by atoms with Crippen LogP contribution < -0.4 is 11.1 Å². The SMILES string of the molecule is CC(C)CS(=O)(=O)CCC(=O)NC(CN)C1CC1.Cl. The van der Waals surface area contributed by atoms with Crippen LogP contribution in [0.3, 0.4) is 0 Å². The molecule has 0 aliphatic heterocycles. The summed E-state index contributed by atoms with van der Waals surface area (Å²) in [5.74, 6) is 0.458. The second-order valence-corrected chi connectivity index (χ2v) is 7.73. The van der Waals surface area contributed by atoms with Gasteiger partial charge < -0.3 is 11.1 Å².